The average Bonchev–Trinajstić information content (AvgIpc) is 2.43. The zero-order chi connectivity index (χ0) is 15.2. The SMILES string of the molecule is Cc1ccccc1Nc1ncc(CCCN(C)C)c(N)n1. The summed E-state index contributed by atoms with van der Waals surface area (Å²) in [5.74, 6) is 1.10. The van der Waals surface area contributed by atoms with Gasteiger partial charge < -0.3 is 16.0 Å². The van der Waals surface area contributed by atoms with E-state index in [1.165, 1.54) is 0 Å². The molecule has 0 spiro atoms. The molecule has 0 aliphatic carbocycles. The maximum atomic E-state index is 6.03. The minimum atomic E-state index is 0.540. The van der Waals surface area contributed by atoms with Crippen molar-refractivity contribution in [3.05, 3.63) is 41.6 Å². The third kappa shape index (κ3) is 4.43. The van der Waals surface area contributed by atoms with E-state index >= 15 is 0 Å². The second-order valence-corrected chi connectivity index (χ2v) is 5.45. The van der Waals surface area contributed by atoms with Crippen LogP contribution in [0.4, 0.5) is 17.5 Å². The van der Waals surface area contributed by atoms with Gasteiger partial charge in [0, 0.05) is 17.4 Å². The van der Waals surface area contributed by atoms with Crippen molar-refractivity contribution in [3.8, 4) is 0 Å². The highest BCUT2D eigenvalue weighted by molar-refractivity contribution is 5.59. The molecule has 0 unspecified atom stereocenters. The zero-order valence-corrected chi connectivity index (χ0v) is 12.9. The van der Waals surface area contributed by atoms with E-state index in [9.17, 15) is 0 Å². The Kier molecular flexibility index (Phi) is 5.11. The molecule has 2 rings (SSSR count). The van der Waals surface area contributed by atoms with Crippen LogP contribution in [0.1, 0.15) is 17.5 Å². The highest BCUT2D eigenvalue weighted by Gasteiger charge is 2.06. The molecular weight excluding hydrogens is 262 g/mol. The fourth-order valence-electron chi connectivity index (χ4n) is 2.09. The number of rotatable bonds is 6. The monoisotopic (exact) mass is 285 g/mol. The maximum Gasteiger partial charge on any atom is 0.229 e. The van der Waals surface area contributed by atoms with Gasteiger partial charge in [0.15, 0.2) is 0 Å². The Balaban J connectivity index is 2.03. The predicted octanol–water partition coefficient (Wildman–Crippen LogP) is 2.61. The van der Waals surface area contributed by atoms with Gasteiger partial charge in [-0.3, -0.25) is 0 Å². The molecule has 1 heterocycles. The zero-order valence-electron chi connectivity index (χ0n) is 12.9. The highest BCUT2D eigenvalue weighted by Crippen LogP contribution is 2.19. The van der Waals surface area contributed by atoms with E-state index in [4.69, 9.17) is 5.73 Å². The molecule has 1 aromatic heterocycles. The lowest BCUT2D eigenvalue weighted by atomic mass is 10.1. The Hall–Kier alpha value is -2.14. The fourth-order valence-corrected chi connectivity index (χ4v) is 2.09. The van der Waals surface area contributed by atoms with Crippen LogP contribution in [-0.4, -0.2) is 35.5 Å². The Morgan fingerprint density at radius 3 is 2.67 bits per heavy atom. The molecule has 0 aliphatic heterocycles. The van der Waals surface area contributed by atoms with Gasteiger partial charge in [-0.1, -0.05) is 18.2 Å². The first-order valence-electron chi connectivity index (χ1n) is 7.15. The highest BCUT2D eigenvalue weighted by atomic mass is 15.1. The number of nitrogens with two attached hydrogens (primary N) is 1. The second-order valence-electron chi connectivity index (χ2n) is 5.45. The van der Waals surface area contributed by atoms with E-state index in [0.717, 1.165) is 36.2 Å². The molecule has 0 fully saturated rings. The Morgan fingerprint density at radius 1 is 1.24 bits per heavy atom. The van der Waals surface area contributed by atoms with Crippen LogP contribution in [0.2, 0.25) is 0 Å². The summed E-state index contributed by atoms with van der Waals surface area (Å²) in [6, 6.07) is 8.03. The number of nitrogen functional groups attached to an aromatic ring is 1. The summed E-state index contributed by atoms with van der Waals surface area (Å²) in [7, 11) is 4.13. The molecule has 0 saturated heterocycles. The summed E-state index contributed by atoms with van der Waals surface area (Å²) in [6.45, 7) is 3.07. The lowest BCUT2D eigenvalue weighted by Gasteiger charge is -2.11. The summed E-state index contributed by atoms with van der Waals surface area (Å²) in [6.07, 6.45) is 3.76. The molecule has 21 heavy (non-hydrogen) atoms. The van der Waals surface area contributed by atoms with Crippen LogP contribution in [0.3, 0.4) is 0 Å². The van der Waals surface area contributed by atoms with Gasteiger partial charge in [0.05, 0.1) is 0 Å². The number of benzene rings is 1. The summed E-state index contributed by atoms with van der Waals surface area (Å²) >= 11 is 0. The molecule has 0 amide bonds. The molecule has 5 nitrogen and oxygen atoms in total. The number of nitrogens with zero attached hydrogens (tertiary/aromatic N) is 3. The number of aromatic nitrogens is 2. The molecule has 3 N–H and O–H groups in total. The molecule has 0 bridgehead atoms. The summed E-state index contributed by atoms with van der Waals surface area (Å²) in [5, 5.41) is 3.20. The fraction of sp³-hybridized carbons (Fsp3) is 0.375. The minimum absolute atomic E-state index is 0.540. The molecule has 112 valence electrons. The van der Waals surface area contributed by atoms with E-state index in [1.807, 2.05) is 37.4 Å². The molecule has 2 aromatic rings. The molecular formula is C16H23N5. The maximum absolute atomic E-state index is 6.03. The van der Waals surface area contributed by atoms with Crippen molar-refractivity contribution < 1.29 is 0 Å². The number of aryl methyl sites for hydroxylation is 2. The number of anilines is 3. The molecule has 5 heteroatoms. The topological polar surface area (TPSA) is 67.1 Å². The van der Waals surface area contributed by atoms with Crippen molar-refractivity contribution in [2.75, 3.05) is 31.7 Å². The van der Waals surface area contributed by atoms with Gasteiger partial charge >= 0.3 is 0 Å². The summed E-state index contributed by atoms with van der Waals surface area (Å²) in [4.78, 5) is 10.9. The standard InChI is InChI=1S/C16H23N5/c1-12-7-4-5-9-14(12)19-16-18-11-13(15(17)20-16)8-6-10-21(2)3/h4-5,7,9,11H,6,8,10H2,1-3H3,(H3,17,18,19,20). The summed E-state index contributed by atoms with van der Waals surface area (Å²) in [5.41, 5.74) is 9.18. The van der Waals surface area contributed by atoms with Crippen molar-refractivity contribution in [2.24, 2.45) is 0 Å². The predicted molar refractivity (Wildman–Crippen MR) is 87.8 cm³/mol. The second kappa shape index (κ2) is 7.04. The lowest BCUT2D eigenvalue weighted by molar-refractivity contribution is 0.400. The smallest absolute Gasteiger partial charge is 0.229 e. The van der Waals surface area contributed by atoms with Crippen LogP contribution in [0, 0.1) is 6.92 Å². The molecule has 0 saturated carbocycles. The van der Waals surface area contributed by atoms with E-state index < -0.39 is 0 Å². The third-order valence-electron chi connectivity index (χ3n) is 3.34. The number of hydrogen-bond donors (Lipinski definition) is 2. The van der Waals surface area contributed by atoms with Gasteiger partial charge in [-0.2, -0.15) is 4.98 Å². The van der Waals surface area contributed by atoms with Gasteiger partial charge in [-0.15, -0.1) is 0 Å². The van der Waals surface area contributed by atoms with Gasteiger partial charge in [0.1, 0.15) is 5.82 Å². The quantitative estimate of drug-likeness (QED) is 0.854. The van der Waals surface area contributed by atoms with Crippen LogP contribution < -0.4 is 11.1 Å². The van der Waals surface area contributed by atoms with Crippen LogP contribution in [0.15, 0.2) is 30.5 Å². The van der Waals surface area contributed by atoms with Crippen LogP contribution >= 0.6 is 0 Å². The van der Waals surface area contributed by atoms with Gasteiger partial charge in [-0.05, 0) is 52.0 Å². The first kappa shape index (κ1) is 15.3. The Morgan fingerprint density at radius 2 is 2.00 bits per heavy atom. The molecule has 0 radical (unpaired) electrons. The van der Waals surface area contributed by atoms with Crippen molar-refractivity contribution in [3.63, 3.8) is 0 Å². The van der Waals surface area contributed by atoms with Crippen molar-refractivity contribution in [1.29, 1.82) is 0 Å². The third-order valence-corrected chi connectivity index (χ3v) is 3.34. The largest absolute Gasteiger partial charge is 0.383 e. The van der Waals surface area contributed by atoms with E-state index in [0.29, 0.717) is 11.8 Å². The average molecular weight is 285 g/mol. The molecule has 0 atom stereocenters. The minimum Gasteiger partial charge on any atom is -0.383 e. The van der Waals surface area contributed by atoms with Crippen molar-refractivity contribution in [1.82, 2.24) is 14.9 Å². The first-order chi connectivity index (χ1) is 10.1. The van der Waals surface area contributed by atoms with E-state index in [-0.39, 0.29) is 0 Å². The van der Waals surface area contributed by atoms with Crippen LogP contribution in [0.5, 0.6) is 0 Å². The van der Waals surface area contributed by atoms with Crippen LogP contribution in [-0.2, 0) is 6.42 Å². The number of para-hydroxylation sites is 1. The normalized spacial score (nSPS) is 10.9. The van der Waals surface area contributed by atoms with Gasteiger partial charge in [-0.25, -0.2) is 4.98 Å². The van der Waals surface area contributed by atoms with E-state index in [1.54, 1.807) is 0 Å². The first-order valence-corrected chi connectivity index (χ1v) is 7.15. The van der Waals surface area contributed by atoms with E-state index in [2.05, 4.69) is 34.3 Å². The number of hydrogen-bond acceptors (Lipinski definition) is 5. The van der Waals surface area contributed by atoms with Crippen molar-refractivity contribution in [2.45, 2.75) is 19.8 Å². The number of nitrogens with one attached hydrogen (secondary N) is 1. The van der Waals surface area contributed by atoms with Crippen LogP contribution in [0.25, 0.3) is 0 Å². The van der Waals surface area contributed by atoms with Crippen molar-refractivity contribution >= 4 is 17.5 Å². The summed E-state index contributed by atoms with van der Waals surface area (Å²) < 4.78 is 0. The molecule has 0 aliphatic rings. The van der Waals surface area contributed by atoms with Gasteiger partial charge in [0.2, 0.25) is 5.95 Å². The van der Waals surface area contributed by atoms with Gasteiger partial charge in [0.25, 0.3) is 0 Å². The Bertz CT molecular complexity index is 595. The molecule has 1 aromatic carbocycles. The Labute approximate surface area is 126 Å². The lowest BCUT2D eigenvalue weighted by Crippen LogP contribution is -2.14.